The third kappa shape index (κ3) is 6.59. The van der Waals surface area contributed by atoms with Crippen LogP contribution in [0.2, 0.25) is 0 Å². The van der Waals surface area contributed by atoms with Crippen molar-refractivity contribution in [2.75, 3.05) is 20.3 Å². The van der Waals surface area contributed by atoms with Crippen molar-refractivity contribution in [3.05, 3.63) is 0 Å². The molecule has 30 heavy (non-hydrogen) atoms. The molecule has 12 heteroatoms. The van der Waals surface area contributed by atoms with Crippen molar-refractivity contribution in [1.82, 2.24) is 0 Å². The molecule has 172 valence electrons. The lowest BCUT2D eigenvalue weighted by atomic mass is 10.00. The van der Waals surface area contributed by atoms with Crippen molar-refractivity contribution in [2.24, 2.45) is 0 Å². The van der Waals surface area contributed by atoms with Crippen LogP contribution in [0, 0.1) is 0 Å². The molecular formula is C18H28O12. The summed E-state index contributed by atoms with van der Waals surface area (Å²) in [6, 6.07) is 0. The molecule has 0 radical (unpaired) electrons. The van der Waals surface area contributed by atoms with Crippen molar-refractivity contribution in [3.63, 3.8) is 0 Å². The highest BCUT2D eigenvalue weighted by Gasteiger charge is 2.47. The second kappa shape index (κ2) is 11.0. The number of rotatable bonds is 7. The van der Waals surface area contributed by atoms with Crippen molar-refractivity contribution >= 4 is 17.9 Å². The normalized spacial score (nSPS) is 36.6. The maximum Gasteiger partial charge on any atom is 0.303 e. The summed E-state index contributed by atoms with van der Waals surface area (Å²) >= 11 is 0. The molecule has 0 saturated carbocycles. The molecule has 0 bridgehead atoms. The molecule has 0 aromatic rings. The van der Waals surface area contributed by atoms with E-state index >= 15 is 0 Å². The van der Waals surface area contributed by atoms with Gasteiger partial charge in [0.25, 0.3) is 0 Å². The molecule has 12 nitrogen and oxygen atoms in total. The summed E-state index contributed by atoms with van der Waals surface area (Å²) in [7, 11) is 1.33. The predicted molar refractivity (Wildman–Crippen MR) is 94.7 cm³/mol. The maximum atomic E-state index is 11.6. The fraction of sp³-hybridized carbons (Fsp3) is 0.833. The van der Waals surface area contributed by atoms with Crippen LogP contribution in [0.15, 0.2) is 0 Å². The van der Waals surface area contributed by atoms with Gasteiger partial charge < -0.3 is 43.4 Å². The summed E-state index contributed by atoms with van der Waals surface area (Å²) in [5.74, 6) is -1.87. The van der Waals surface area contributed by atoms with E-state index in [1.54, 1.807) is 0 Å². The maximum absolute atomic E-state index is 11.6. The molecule has 2 aliphatic rings. The lowest BCUT2D eigenvalue weighted by Gasteiger charge is -2.43. The standard InChI is InChI=1S/C18H28O12/c1-8(19)25-7-13-17(28-10(3)21)12(27-9(2)20)5-14(29-13)30-16-11(22)6-26-18(24-4)15(16)23/h11-18,22-23H,5-7H2,1-4H3/t11-,12-,13-,14+,15+,16-,17-,18-/m1/s1. The highest BCUT2D eigenvalue weighted by molar-refractivity contribution is 5.67. The Hall–Kier alpha value is -1.83. The van der Waals surface area contributed by atoms with Crippen molar-refractivity contribution in [1.29, 1.82) is 0 Å². The Morgan fingerprint density at radius 3 is 2.23 bits per heavy atom. The molecule has 2 heterocycles. The molecule has 0 aromatic carbocycles. The lowest BCUT2D eigenvalue weighted by molar-refractivity contribution is -0.325. The first-order valence-electron chi connectivity index (χ1n) is 9.41. The molecule has 2 fully saturated rings. The fourth-order valence-electron chi connectivity index (χ4n) is 3.31. The van der Waals surface area contributed by atoms with Gasteiger partial charge in [0.1, 0.15) is 37.1 Å². The van der Waals surface area contributed by atoms with E-state index in [1.165, 1.54) is 27.9 Å². The Morgan fingerprint density at radius 2 is 1.67 bits per heavy atom. The Balaban J connectivity index is 2.19. The number of hydrogen-bond donors (Lipinski definition) is 2. The van der Waals surface area contributed by atoms with Crippen LogP contribution in [0.3, 0.4) is 0 Å². The Kier molecular flexibility index (Phi) is 8.94. The van der Waals surface area contributed by atoms with Gasteiger partial charge in [-0.15, -0.1) is 0 Å². The van der Waals surface area contributed by atoms with Crippen LogP contribution in [-0.2, 0) is 47.5 Å². The van der Waals surface area contributed by atoms with Crippen LogP contribution in [0.25, 0.3) is 0 Å². The first-order valence-corrected chi connectivity index (χ1v) is 9.41. The van der Waals surface area contributed by atoms with Gasteiger partial charge in [-0.1, -0.05) is 0 Å². The smallest absolute Gasteiger partial charge is 0.303 e. The molecule has 2 saturated heterocycles. The fourth-order valence-corrected chi connectivity index (χ4v) is 3.31. The van der Waals surface area contributed by atoms with Crippen molar-refractivity contribution < 1.29 is 57.8 Å². The van der Waals surface area contributed by atoms with Crippen LogP contribution in [0.5, 0.6) is 0 Å². The number of carbonyl (C=O) groups is 3. The van der Waals surface area contributed by atoms with Crippen molar-refractivity contribution in [3.8, 4) is 0 Å². The highest BCUT2D eigenvalue weighted by Crippen LogP contribution is 2.30. The van der Waals surface area contributed by atoms with E-state index in [-0.39, 0.29) is 19.6 Å². The van der Waals surface area contributed by atoms with Crippen LogP contribution in [-0.4, -0.2) is 97.6 Å². The van der Waals surface area contributed by atoms with E-state index in [4.69, 9.17) is 33.2 Å². The zero-order valence-corrected chi connectivity index (χ0v) is 17.2. The molecule has 0 amide bonds. The van der Waals surface area contributed by atoms with E-state index in [0.717, 1.165) is 0 Å². The van der Waals surface area contributed by atoms with Gasteiger partial charge in [-0.05, 0) is 0 Å². The van der Waals surface area contributed by atoms with E-state index < -0.39 is 67.1 Å². The second-order valence-corrected chi connectivity index (χ2v) is 6.96. The van der Waals surface area contributed by atoms with Gasteiger partial charge in [0.05, 0.1) is 6.61 Å². The average molecular weight is 436 g/mol. The molecule has 2 N–H and O–H groups in total. The summed E-state index contributed by atoms with van der Waals surface area (Å²) in [5.41, 5.74) is 0. The van der Waals surface area contributed by atoms with Crippen LogP contribution in [0.1, 0.15) is 27.2 Å². The second-order valence-electron chi connectivity index (χ2n) is 6.96. The van der Waals surface area contributed by atoms with Gasteiger partial charge in [-0.25, -0.2) is 0 Å². The summed E-state index contributed by atoms with van der Waals surface area (Å²) in [6.07, 6.45) is -8.86. The molecule has 0 spiro atoms. The van der Waals surface area contributed by atoms with E-state index in [0.29, 0.717) is 0 Å². The Labute approximate surface area is 173 Å². The van der Waals surface area contributed by atoms with Gasteiger partial charge in [0.2, 0.25) is 0 Å². The summed E-state index contributed by atoms with van der Waals surface area (Å²) in [6.45, 7) is 3.11. The van der Waals surface area contributed by atoms with Gasteiger partial charge in [0, 0.05) is 34.3 Å². The number of esters is 3. The first kappa shape index (κ1) is 24.4. The highest BCUT2D eigenvalue weighted by atomic mass is 16.7. The third-order valence-electron chi connectivity index (χ3n) is 4.52. The number of hydrogen-bond acceptors (Lipinski definition) is 12. The van der Waals surface area contributed by atoms with Crippen LogP contribution >= 0.6 is 0 Å². The Bertz CT molecular complexity index is 610. The minimum absolute atomic E-state index is 0.0669. The summed E-state index contributed by atoms with van der Waals surface area (Å²) in [5, 5.41) is 20.5. The van der Waals surface area contributed by atoms with Gasteiger partial charge in [0.15, 0.2) is 18.7 Å². The molecule has 0 aliphatic carbocycles. The monoisotopic (exact) mass is 436 g/mol. The van der Waals surface area contributed by atoms with Crippen LogP contribution in [0.4, 0.5) is 0 Å². The molecule has 2 aliphatic heterocycles. The van der Waals surface area contributed by atoms with E-state index in [2.05, 4.69) is 0 Å². The zero-order valence-electron chi connectivity index (χ0n) is 17.2. The zero-order chi connectivity index (χ0) is 22.4. The van der Waals surface area contributed by atoms with E-state index in [1.807, 2.05) is 0 Å². The number of carbonyl (C=O) groups excluding carboxylic acids is 3. The lowest BCUT2D eigenvalue weighted by Crippen LogP contribution is -2.59. The van der Waals surface area contributed by atoms with Crippen LogP contribution < -0.4 is 0 Å². The Morgan fingerprint density at radius 1 is 1.00 bits per heavy atom. The third-order valence-corrected chi connectivity index (χ3v) is 4.52. The minimum atomic E-state index is -1.33. The number of ether oxygens (including phenoxy) is 7. The number of methoxy groups -OCH3 is 1. The molecule has 0 aromatic heterocycles. The number of aliphatic hydroxyl groups excluding tert-OH is 2. The summed E-state index contributed by atoms with van der Waals surface area (Å²) in [4.78, 5) is 34.3. The van der Waals surface area contributed by atoms with Gasteiger partial charge in [-0.2, -0.15) is 0 Å². The summed E-state index contributed by atoms with van der Waals surface area (Å²) < 4.78 is 37.1. The SMILES string of the molecule is CO[C@@H]1OC[C@@H](O)[C@@H](O[C@H]2C[C@@H](OC(C)=O)[C@@H](OC(C)=O)[C@@H](COC(C)=O)O2)[C@@H]1O. The van der Waals surface area contributed by atoms with Gasteiger partial charge in [-0.3, -0.25) is 14.4 Å². The molecular weight excluding hydrogens is 408 g/mol. The number of aliphatic hydroxyl groups is 2. The van der Waals surface area contributed by atoms with Crippen molar-refractivity contribution in [2.45, 2.75) is 76.4 Å². The predicted octanol–water partition coefficient (Wildman–Crippen LogP) is -1.36. The average Bonchev–Trinajstić information content (AvgIpc) is 2.65. The largest absolute Gasteiger partial charge is 0.463 e. The van der Waals surface area contributed by atoms with Gasteiger partial charge >= 0.3 is 17.9 Å². The quantitative estimate of drug-likeness (QED) is 0.357. The van der Waals surface area contributed by atoms with E-state index in [9.17, 15) is 24.6 Å². The molecule has 2 rings (SSSR count). The first-order chi connectivity index (χ1) is 14.1. The topological polar surface area (TPSA) is 156 Å². The molecule has 8 atom stereocenters. The molecule has 0 unspecified atom stereocenters. The minimum Gasteiger partial charge on any atom is -0.463 e.